The first-order valence-corrected chi connectivity index (χ1v) is 16.9. The molecule has 4 aromatic carbocycles. The number of benzene rings is 4. The molecule has 2 heterocycles. The van der Waals surface area contributed by atoms with Crippen LogP contribution in [0.2, 0.25) is 0 Å². The number of unbranched alkanes of at least 4 members (excludes halogenated alkanes) is 10. The van der Waals surface area contributed by atoms with E-state index in [2.05, 4.69) is 97.7 Å². The van der Waals surface area contributed by atoms with E-state index in [0.717, 1.165) is 0 Å². The van der Waals surface area contributed by atoms with E-state index in [4.69, 9.17) is 0 Å². The monoisotopic (exact) mass is 558 g/mol. The molecule has 0 saturated heterocycles. The highest BCUT2D eigenvalue weighted by Gasteiger charge is 2.13. The van der Waals surface area contributed by atoms with Crippen molar-refractivity contribution in [3.63, 3.8) is 0 Å². The molecule has 0 saturated carbocycles. The van der Waals surface area contributed by atoms with Crippen LogP contribution < -0.4 is 0 Å². The van der Waals surface area contributed by atoms with Gasteiger partial charge in [-0.3, -0.25) is 0 Å². The Balaban J connectivity index is 1.31. The third-order valence-electron chi connectivity index (χ3n) is 9.93. The summed E-state index contributed by atoms with van der Waals surface area (Å²) in [6, 6.07) is 24.0. The maximum absolute atomic E-state index is 2.45. The molecule has 0 unspecified atom stereocenters. The second-order valence-corrected chi connectivity index (χ2v) is 12.9. The normalized spacial score (nSPS) is 12.2. The Bertz CT molecular complexity index is 1690. The lowest BCUT2D eigenvalue weighted by molar-refractivity contribution is 0.600. The van der Waals surface area contributed by atoms with Gasteiger partial charge in [0.15, 0.2) is 0 Å². The first-order chi connectivity index (χ1) is 20.6. The van der Waals surface area contributed by atoms with E-state index in [1.807, 2.05) is 0 Å². The molecule has 0 aliphatic heterocycles. The van der Waals surface area contributed by atoms with Crippen LogP contribution in [0, 0.1) is 0 Å². The number of hydrogen-bond donors (Lipinski definition) is 0. The van der Waals surface area contributed by atoms with E-state index in [-0.39, 0.29) is 0 Å². The Morgan fingerprint density at radius 1 is 0.405 bits per heavy atom. The molecule has 2 heteroatoms. The first-order valence-electron chi connectivity index (χ1n) is 16.9. The summed E-state index contributed by atoms with van der Waals surface area (Å²) in [6.07, 6.45) is 18.5. The van der Waals surface area contributed by atoms with Crippen LogP contribution in [0.1, 0.15) is 102 Å². The van der Waals surface area contributed by atoms with Crippen LogP contribution in [-0.4, -0.2) is 9.13 Å². The lowest BCUT2D eigenvalue weighted by Gasteiger charge is -2.10. The molecule has 6 rings (SSSR count). The zero-order valence-corrected chi connectivity index (χ0v) is 26.6. The van der Waals surface area contributed by atoms with Crippen molar-refractivity contribution in [2.24, 2.45) is 14.1 Å². The van der Waals surface area contributed by atoms with Gasteiger partial charge in [-0.25, -0.2) is 0 Å². The van der Waals surface area contributed by atoms with Crippen LogP contribution in [0.5, 0.6) is 0 Å². The molecule has 0 aliphatic carbocycles. The maximum Gasteiger partial charge on any atom is 0.0486 e. The second kappa shape index (κ2) is 12.9. The molecule has 2 aromatic heterocycles. The van der Waals surface area contributed by atoms with Crippen molar-refractivity contribution in [1.82, 2.24) is 9.13 Å². The molecule has 0 amide bonds. The van der Waals surface area contributed by atoms with E-state index in [9.17, 15) is 0 Å². The molecule has 2 nitrogen and oxygen atoms in total. The van der Waals surface area contributed by atoms with Crippen LogP contribution >= 0.6 is 0 Å². The van der Waals surface area contributed by atoms with Gasteiger partial charge in [0.1, 0.15) is 0 Å². The Morgan fingerprint density at radius 2 is 0.810 bits per heavy atom. The summed E-state index contributed by atoms with van der Waals surface area (Å²) in [5, 5.41) is 10.9. The summed E-state index contributed by atoms with van der Waals surface area (Å²) in [7, 11) is 4.52. The molecule has 0 aliphatic rings. The minimum absolute atomic E-state index is 1.17. The fourth-order valence-corrected chi connectivity index (χ4v) is 7.31. The first kappa shape index (κ1) is 28.8. The van der Waals surface area contributed by atoms with Gasteiger partial charge in [-0.1, -0.05) is 102 Å². The smallest absolute Gasteiger partial charge is 0.0486 e. The third-order valence-corrected chi connectivity index (χ3v) is 9.93. The minimum Gasteiger partial charge on any atom is -0.348 e. The van der Waals surface area contributed by atoms with Gasteiger partial charge >= 0.3 is 0 Å². The number of fused-ring (bicyclic) bond motifs is 7. The van der Waals surface area contributed by atoms with E-state index in [0.29, 0.717) is 0 Å². The minimum atomic E-state index is 1.17. The predicted octanol–water partition coefficient (Wildman–Crippen LogP) is 11.9. The summed E-state index contributed by atoms with van der Waals surface area (Å²) in [5.74, 6) is 0. The number of rotatable bonds is 14. The highest BCUT2D eigenvalue weighted by Crippen LogP contribution is 2.36. The molecule has 0 atom stereocenters. The standard InChI is InChI=1S/C40H50N2/c1-5-7-9-11-13-15-17-33-25-31-23-29-19-21-36-35(37(29)27-39(31)41(33)3)22-20-30-24-32-26-34(18-16-14-12-10-8-6-2)42(4)40(32)28-38(30)36/h19-28H,5-18H2,1-4H3. The van der Waals surface area contributed by atoms with Crippen molar-refractivity contribution < 1.29 is 0 Å². The lowest BCUT2D eigenvalue weighted by atomic mass is 9.95. The van der Waals surface area contributed by atoms with Crippen molar-refractivity contribution in [2.75, 3.05) is 0 Å². The van der Waals surface area contributed by atoms with Gasteiger partial charge in [0, 0.05) is 47.3 Å². The molecule has 42 heavy (non-hydrogen) atoms. The molecule has 0 radical (unpaired) electrons. The Hall–Kier alpha value is -3.26. The largest absolute Gasteiger partial charge is 0.348 e. The Kier molecular flexibility index (Phi) is 8.89. The van der Waals surface area contributed by atoms with Crippen LogP contribution in [0.3, 0.4) is 0 Å². The Labute approximate surface area is 252 Å². The summed E-state index contributed by atoms with van der Waals surface area (Å²) in [4.78, 5) is 0. The molecule has 220 valence electrons. The molecular formula is C40H50N2. The van der Waals surface area contributed by atoms with E-state index in [1.54, 1.807) is 0 Å². The van der Waals surface area contributed by atoms with Crippen molar-refractivity contribution in [1.29, 1.82) is 0 Å². The second-order valence-electron chi connectivity index (χ2n) is 12.9. The zero-order valence-electron chi connectivity index (χ0n) is 26.6. The number of aromatic nitrogens is 2. The van der Waals surface area contributed by atoms with Gasteiger partial charge in [-0.05, 0) is 94.4 Å². The number of nitrogens with zero attached hydrogens (tertiary/aromatic N) is 2. The Morgan fingerprint density at radius 3 is 1.24 bits per heavy atom. The van der Waals surface area contributed by atoms with E-state index >= 15 is 0 Å². The molecule has 0 bridgehead atoms. The van der Waals surface area contributed by atoms with Crippen molar-refractivity contribution in [2.45, 2.75) is 104 Å². The third kappa shape index (κ3) is 5.70. The van der Waals surface area contributed by atoms with Gasteiger partial charge < -0.3 is 9.13 Å². The fraction of sp³-hybridized carbons (Fsp3) is 0.450. The lowest BCUT2D eigenvalue weighted by Crippen LogP contribution is -1.96. The average Bonchev–Trinajstić information content (AvgIpc) is 3.48. The van der Waals surface area contributed by atoms with E-state index in [1.165, 1.54) is 155 Å². The number of hydrogen-bond acceptors (Lipinski definition) is 0. The molecular weight excluding hydrogens is 508 g/mol. The van der Waals surface area contributed by atoms with Gasteiger partial charge in [0.05, 0.1) is 0 Å². The van der Waals surface area contributed by atoms with Crippen molar-refractivity contribution in [3.05, 3.63) is 72.1 Å². The van der Waals surface area contributed by atoms with Crippen molar-refractivity contribution >= 4 is 54.1 Å². The maximum atomic E-state index is 2.45. The average molecular weight is 559 g/mol. The van der Waals surface area contributed by atoms with Gasteiger partial charge in [0.25, 0.3) is 0 Å². The van der Waals surface area contributed by atoms with E-state index < -0.39 is 0 Å². The molecule has 0 N–H and O–H groups in total. The summed E-state index contributed by atoms with van der Waals surface area (Å²) >= 11 is 0. The predicted molar refractivity (Wildman–Crippen MR) is 186 cm³/mol. The highest BCUT2D eigenvalue weighted by molar-refractivity contribution is 6.20. The van der Waals surface area contributed by atoms with Gasteiger partial charge in [-0.15, -0.1) is 0 Å². The van der Waals surface area contributed by atoms with Gasteiger partial charge in [-0.2, -0.15) is 0 Å². The van der Waals surface area contributed by atoms with Crippen LogP contribution in [-0.2, 0) is 26.9 Å². The molecule has 0 spiro atoms. The van der Waals surface area contributed by atoms with Gasteiger partial charge in [0.2, 0.25) is 0 Å². The zero-order chi connectivity index (χ0) is 29.1. The SMILES string of the molecule is CCCCCCCCc1cc2cc3ccc4c5cc6c(cc(CCCCCCCC)n6C)cc5ccc4c3cc2n1C. The van der Waals surface area contributed by atoms with Crippen LogP contribution in [0.15, 0.2) is 60.7 Å². The molecule has 6 aromatic rings. The topological polar surface area (TPSA) is 9.86 Å². The van der Waals surface area contributed by atoms with Crippen LogP contribution in [0.4, 0.5) is 0 Å². The summed E-state index contributed by atoms with van der Waals surface area (Å²) in [5.41, 5.74) is 5.64. The summed E-state index contributed by atoms with van der Waals surface area (Å²) in [6.45, 7) is 4.58. The quantitative estimate of drug-likeness (QED) is 0.0929. The summed E-state index contributed by atoms with van der Waals surface area (Å²) < 4.78 is 4.89. The molecule has 0 fully saturated rings. The highest BCUT2D eigenvalue weighted by atomic mass is 14.9. The number of aryl methyl sites for hydroxylation is 4. The van der Waals surface area contributed by atoms with Crippen LogP contribution in [0.25, 0.3) is 54.1 Å². The fourth-order valence-electron chi connectivity index (χ4n) is 7.31. The van der Waals surface area contributed by atoms with Crippen molar-refractivity contribution in [3.8, 4) is 0 Å².